The van der Waals surface area contributed by atoms with E-state index in [2.05, 4.69) is 10.3 Å². The van der Waals surface area contributed by atoms with E-state index in [9.17, 15) is 20.4 Å². The van der Waals surface area contributed by atoms with Crippen molar-refractivity contribution in [2.75, 3.05) is 0 Å². The number of fused-ring (bicyclic) bond motifs is 1. The van der Waals surface area contributed by atoms with Crippen molar-refractivity contribution in [2.24, 2.45) is 0 Å². The van der Waals surface area contributed by atoms with Gasteiger partial charge in [0.15, 0.2) is 5.75 Å². The SMILES string of the molecule is Oc1ccc(-c2ccc3nnn(-c4ccc(O)c(-c5ccccc5)c4O)c3c2)c(O)c1-c1ccccc1. The topological polar surface area (TPSA) is 112 Å². The van der Waals surface area contributed by atoms with Crippen molar-refractivity contribution in [2.45, 2.75) is 0 Å². The van der Waals surface area contributed by atoms with E-state index in [4.69, 9.17) is 0 Å². The first-order chi connectivity index (χ1) is 18.0. The highest BCUT2D eigenvalue weighted by molar-refractivity contribution is 5.90. The maximum Gasteiger partial charge on any atom is 0.152 e. The lowest BCUT2D eigenvalue weighted by Crippen LogP contribution is -1.98. The zero-order valence-electron chi connectivity index (χ0n) is 19.4. The van der Waals surface area contributed by atoms with Crippen LogP contribution in [0.1, 0.15) is 0 Å². The first kappa shape index (κ1) is 22.2. The molecular formula is C30H21N3O4. The van der Waals surface area contributed by atoms with Gasteiger partial charge in [-0.05, 0) is 53.1 Å². The summed E-state index contributed by atoms with van der Waals surface area (Å²) in [6.45, 7) is 0. The lowest BCUT2D eigenvalue weighted by molar-refractivity contribution is 0.451. The van der Waals surface area contributed by atoms with Crippen LogP contribution in [0.3, 0.4) is 0 Å². The normalized spacial score (nSPS) is 11.1. The zero-order chi connectivity index (χ0) is 25.5. The van der Waals surface area contributed by atoms with Gasteiger partial charge < -0.3 is 20.4 Å². The fraction of sp³-hybridized carbons (Fsp3) is 0. The van der Waals surface area contributed by atoms with Crippen LogP contribution in [0.5, 0.6) is 23.0 Å². The van der Waals surface area contributed by atoms with Crippen LogP contribution in [0.15, 0.2) is 103 Å². The standard InChI is InChI=1S/C30H21N3O4/c34-25-15-12-21(29(36)27(25)18-7-3-1-4-8-18)20-11-13-22-24(17-20)33(32-31-22)23-14-16-26(35)28(30(23)37)19-9-5-2-6-10-19/h1-17,34-37H. The Morgan fingerprint density at radius 2 is 1.14 bits per heavy atom. The number of phenols is 4. The molecule has 180 valence electrons. The minimum Gasteiger partial charge on any atom is -0.507 e. The highest BCUT2D eigenvalue weighted by atomic mass is 16.3. The monoisotopic (exact) mass is 487 g/mol. The molecule has 0 aliphatic heterocycles. The molecule has 5 aromatic carbocycles. The summed E-state index contributed by atoms with van der Waals surface area (Å²) in [5.41, 5.74) is 4.69. The molecule has 7 nitrogen and oxygen atoms in total. The summed E-state index contributed by atoms with van der Waals surface area (Å²) < 4.78 is 1.50. The molecule has 0 saturated heterocycles. The van der Waals surface area contributed by atoms with E-state index in [1.54, 1.807) is 36.4 Å². The molecule has 0 atom stereocenters. The van der Waals surface area contributed by atoms with Gasteiger partial charge in [0.05, 0.1) is 16.6 Å². The Bertz CT molecular complexity index is 1760. The lowest BCUT2D eigenvalue weighted by atomic mass is 9.96. The van der Waals surface area contributed by atoms with Gasteiger partial charge in [-0.3, -0.25) is 0 Å². The highest BCUT2D eigenvalue weighted by Crippen LogP contribution is 2.45. The Morgan fingerprint density at radius 1 is 0.541 bits per heavy atom. The fourth-order valence-corrected chi connectivity index (χ4v) is 4.60. The van der Waals surface area contributed by atoms with E-state index in [0.717, 1.165) is 0 Å². The van der Waals surface area contributed by atoms with Crippen LogP contribution in [0.4, 0.5) is 0 Å². The number of aromatic nitrogens is 3. The first-order valence-electron chi connectivity index (χ1n) is 11.6. The van der Waals surface area contributed by atoms with Crippen molar-refractivity contribution < 1.29 is 20.4 Å². The zero-order valence-corrected chi connectivity index (χ0v) is 19.4. The molecule has 0 amide bonds. The number of hydrogen-bond donors (Lipinski definition) is 4. The van der Waals surface area contributed by atoms with Crippen molar-refractivity contribution in [3.05, 3.63) is 103 Å². The lowest BCUT2D eigenvalue weighted by Gasteiger charge is -2.14. The number of phenolic OH excluding ortho intramolecular Hbond substituents is 4. The van der Waals surface area contributed by atoms with Crippen molar-refractivity contribution in [1.29, 1.82) is 0 Å². The Hall–Kier alpha value is -5.30. The summed E-state index contributed by atoms with van der Waals surface area (Å²) in [4.78, 5) is 0. The Morgan fingerprint density at radius 3 is 1.78 bits per heavy atom. The predicted molar refractivity (Wildman–Crippen MR) is 142 cm³/mol. The van der Waals surface area contributed by atoms with Gasteiger partial charge in [0, 0.05) is 5.56 Å². The number of rotatable bonds is 4. The Labute approximate surface area is 211 Å². The summed E-state index contributed by atoms with van der Waals surface area (Å²) in [6.07, 6.45) is 0. The molecule has 4 N–H and O–H groups in total. The third-order valence-electron chi connectivity index (χ3n) is 6.40. The summed E-state index contributed by atoms with van der Waals surface area (Å²) in [5, 5.41) is 51.8. The molecule has 6 aromatic rings. The summed E-state index contributed by atoms with van der Waals surface area (Å²) in [7, 11) is 0. The van der Waals surface area contributed by atoms with Crippen molar-refractivity contribution in [3.8, 4) is 62.1 Å². The molecule has 0 unspecified atom stereocenters. The largest absolute Gasteiger partial charge is 0.507 e. The van der Waals surface area contributed by atoms with Crippen LogP contribution >= 0.6 is 0 Å². The summed E-state index contributed by atoms with van der Waals surface area (Å²) >= 11 is 0. The number of nitrogens with zero attached hydrogens (tertiary/aromatic N) is 3. The minimum atomic E-state index is -0.137. The van der Waals surface area contributed by atoms with Gasteiger partial charge in [0.2, 0.25) is 0 Å². The van der Waals surface area contributed by atoms with E-state index >= 15 is 0 Å². The molecule has 0 bridgehead atoms. The number of hydrogen-bond acceptors (Lipinski definition) is 6. The third kappa shape index (κ3) is 3.70. The molecular weight excluding hydrogens is 466 g/mol. The maximum atomic E-state index is 11.2. The van der Waals surface area contributed by atoms with Gasteiger partial charge in [0.1, 0.15) is 28.5 Å². The highest BCUT2D eigenvalue weighted by Gasteiger charge is 2.20. The van der Waals surface area contributed by atoms with E-state index < -0.39 is 0 Å². The van der Waals surface area contributed by atoms with Crippen molar-refractivity contribution in [1.82, 2.24) is 15.0 Å². The summed E-state index contributed by atoms with van der Waals surface area (Å²) in [6, 6.07) is 30.0. The summed E-state index contributed by atoms with van der Waals surface area (Å²) in [5.74, 6) is -0.270. The third-order valence-corrected chi connectivity index (χ3v) is 6.40. The molecule has 1 heterocycles. The van der Waals surface area contributed by atoms with E-state index in [0.29, 0.717) is 50.1 Å². The average molecular weight is 488 g/mol. The molecule has 7 heteroatoms. The van der Waals surface area contributed by atoms with Gasteiger partial charge in [-0.25, -0.2) is 4.68 Å². The van der Waals surface area contributed by atoms with Gasteiger partial charge in [-0.1, -0.05) is 71.9 Å². The Kier molecular flexibility index (Phi) is 5.23. The second-order valence-corrected chi connectivity index (χ2v) is 8.62. The number of aromatic hydroxyl groups is 4. The van der Waals surface area contributed by atoms with Crippen molar-refractivity contribution >= 4 is 11.0 Å². The molecule has 0 spiro atoms. The average Bonchev–Trinajstić information content (AvgIpc) is 3.33. The molecule has 1 aromatic heterocycles. The molecule has 0 aliphatic rings. The smallest absolute Gasteiger partial charge is 0.152 e. The molecule has 0 fully saturated rings. The molecule has 0 aliphatic carbocycles. The van der Waals surface area contributed by atoms with E-state index in [1.165, 1.54) is 10.7 Å². The second kappa shape index (κ2) is 8.73. The predicted octanol–water partition coefficient (Wildman–Crippen LogP) is 6.24. The van der Waals surface area contributed by atoms with E-state index in [1.807, 2.05) is 60.7 Å². The van der Waals surface area contributed by atoms with E-state index in [-0.39, 0.29) is 23.0 Å². The van der Waals surface area contributed by atoms with Crippen molar-refractivity contribution in [3.63, 3.8) is 0 Å². The number of benzene rings is 5. The quantitative estimate of drug-likeness (QED) is 0.234. The maximum absolute atomic E-state index is 11.2. The van der Waals surface area contributed by atoms with Crippen LogP contribution in [-0.2, 0) is 0 Å². The first-order valence-corrected chi connectivity index (χ1v) is 11.6. The minimum absolute atomic E-state index is 0.0253. The van der Waals surface area contributed by atoms with Gasteiger partial charge in [-0.2, -0.15) is 0 Å². The molecule has 0 saturated carbocycles. The molecule has 37 heavy (non-hydrogen) atoms. The van der Waals surface area contributed by atoms with Gasteiger partial charge in [-0.15, -0.1) is 5.10 Å². The van der Waals surface area contributed by atoms with Gasteiger partial charge >= 0.3 is 0 Å². The molecule has 6 rings (SSSR count). The van der Waals surface area contributed by atoms with Crippen LogP contribution in [0.2, 0.25) is 0 Å². The van der Waals surface area contributed by atoms with Crippen LogP contribution in [-0.4, -0.2) is 35.4 Å². The van der Waals surface area contributed by atoms with Crippen LogP contribution in [0.25, 0.3) is 50.1 Å². The van der Waals surface area contributed by atoms with Crippen LogP contribution < -0.4 is 0 Å². The second-order valence-electron chi connectivity index (χ2n) is 8.62. The Balaban J connectivity index is 1.51. The van der Waals surface area contributed by atoms with Gasteiger partial charge in [0.25, 0.3) is 0 Å². The van der Waals surface area contributed by atoms with Crippen LogP contribution in [0, 0.1) is 0 Å². The molecule has 0 radical (unpaired) electrons. The fourth-order valence-electron chi connectivity index (χ4n) is 4.60.